The molecule has 5 nitrogen and oxygen atoms in total. The number of benzene rings is 1. The third-order valence-electron chi connectivity index (χ3n) is 3.63. The number of aromatic nitrogens is 2. The van der Waals surface area contributed by atoms with E-state index in [-0.39, 0.29) is 0 Å². The van der Waals surface area contributed by atoms with E-state index in [0.29, 0.717) is 11.4 Å². The molecule has 0 radical (unpaired) electrons. The predicted molar refractivity (Wildman–Crippen MR) is 94.2 cm³/mol. The first-order chi connectivity index (χ1) is 11.1. The van der Waals surface area contributed by atoms with Crippen molar-refractivity contribution in [3.05, 3.63) is 48.3 Å². The summed E-state index contributed by atoms with van der Waals surface area (Å²) >= 11 is 5.11. The van der Waals surface area contributed by atoms with Crippen LogP contribution in [-0.4, -0.2) is 28.6 Å². The maximum atomic E-state index is 5.78. The number of nitrogens with two attached hydrogens (primary N) is 1. The molecule has 0 spiro atoms. The molecule has 0 aliphatic heterocycles. The van der Waals surface area contributed by atoms with E-state index in [0.717, 1.165) is 34.1 Å². The molecule has 1 aromatic carbocycles. The van der Waals surface area contributed by atoms with Crippen molar-refractivity contribution in [3.63, 3.8) is 0 Å². The van der Waals surface area contributed by atoms with Crippen LogP contribution in [0.5, 0.6) is 11.5 Å². The zero-order valence-corrected chi connectivity index (χ0v) is 13.8. The minimum absolute atomic E-state index is 0.416. The number of hydrogen-bond acceptors (Lipinski definition) is 4. The number of imidazole rings is 1. The zero-order valence-electron chi connectivity index (χ0n) is 12.9. The van der Waals surface area contributed by atoms with Crippen LogP contribution in [0.3, 0.4) is 0 Å². The lowest BCUT2D eigenvalue weighted by atomic mass is 10.1. The van der Waals surface area contributed by atoms with Gasteiger partial charge in [-0.2, -0.15) is 0 Å². The monoisotopic (exact) mass is 327 g/mol. The molecule has 118 valence electrons. The van der Waals surface area contributed by atoms with Gasteiger partial charge in [0.15, 0.2) is 0 Å². The minimum atomic E-state index is 0.416. The molecule has 3 rings (SSSR count). The highest BCUT2D eigenvalue weighted by molar-refractivity contribution is 7.80. The van der Waals surface area contributed by atoms with Gasteiger partial charge in [0.05, 0.1) is 30.6 Å². The van der Waals surface area contributed by atoms with E-state index < -0.39 is 0 Å². The van der Waals surface area contributed by atoms with Crippen molar-refractivity contribution in [1.29, 1.82) is 0 Å². The molecule has 0 amide bonds. The number of ether oxygens (including phenoxy) is 2. The van der Waals surface area contributed by atoms with Gasteiger partial charge in [-0.15, -0.1) is 0 Å². The van der Waals surface area contributed by atoms with Gasteiger partial charge in [-0.3, -0.25) is 0 Å². The Balaban J connectivity index is 2.29. The van der Waals surface area contributed by atoms with E-state index in [1.54, 1.807) is 14.2 Å². The number of hydrogen-bond donors (Lipinski definition) is 1. The SMILES string of the molecule is COc1ccc(OC)c(-c2nc3ccccn3c2CC(N)=S)c1. The Labute approximate surface area is 139 Å². The van der Waals surface area contributed by atoms with Crippen molar-refractivity contribution in [2.24, 2.45) is 5.73 Å². The number of pyridine rings is 1. The summed E-state index contributed by atoms with van der Waals surface area (Å²) in [7, 11) is 3.26. The average molecular weight is 327 g/mol. The summed E-state index contributed by atoms with van der Waals surface area (Å²) in [5.74, 6) is 1.46. The molecule has 2 N–H and O–H groups in total. The second kappa shape index (κ2) is 6.26. The van der Waals surface area contributed by atoms with Crippen molar-refractivity contribution in [2.75, 3.05) is 14.2 Å². The molecule has 6 heteroatoms. The first kappa shape index (κ1) is 15.3. The van der Waals surface area contributed by atoms with E-state index in [4.69, 9.17) is 32.4 Å². The molecule has 2 aromatic heterocycles. The highest BCUT2D eigenvalue weighted by Gasteiger charge is 2.18. The lowest BCUT2D eigenvalue weighted by molar-refractivity contribution is 0.404. The molecule has 0 aliphatic carbocycles. The number of methoxy groups -OCH3 is 2. The fourth-order valence-electron chi connectivity index (χ4n) is 2.60. The van der Waals surface area contributed by atoms with Gasteiger partial charge in [0.2, 0.25) is 0 Å². The second-order valence-corrected chi connectivity index (χ2v) is 5.57. The number of rotatable bonds is 5. The van der Waals surface area contributed by atoms with Crippen LogP contribution in [0.2, 0.25) is 0 Å². The summed E-state index contributed by atoms with van der Waals surface area (Å²) in [4.78, 5) is 5.15. The van der Waals surface area contributed by atoms with Gasteiger partial charge >= 0.3 is 0 Å². The lowest BCUT2D eigenvalue weighted by Crippen LogP contribution is -2.13. The second-order valence-electron chi connectivity index (χ2n) is 5.05. The molecule has 23 heavy (non-hydrogen) atoms. The normalized spacial score (nSPS) is 10.7. The smallest absolute Gasteiger partial charge is 0.137 e. The average Bonchev–Trinajstić information content (AvgIpc) is 2.92. The van der Waals surface area contributed by atoms with E-state index in [1.807, 2.05) is 47.0 Å². The van der Waals surface area contributed by atoms with Gasteiger partial charge in [0.1, 0.15) is 17.1 Å². The molecule has 0 aliphatic rings. The quantitative estimate of drug-likeness (QED) is 0.730. The molecule has 0 atom stereocenters. The van der Waals surface area contributed by atoms with Gasteiger partial charge in [0, 0.05) is 18.2 Å². The Morgan fingerprint density at radius 1 is 1.22 bits per heavy atom. The van der Waals surface area contributed by atoms with Crippen molar-refractivity contribution in [2.45, 2.75) is 6.42 Å². The molecule has 3 aromatic rings. The van der Waals surface area contributed by atoms with Crippen LogP contribution in [0.1, 0.15) is 5.69 Å². The van der Waals surface area contributed by atoms with Crippen LogP contribution in [-0.2, 0) is 6.42 Å². The van der Waals surface area contributed by atoms with Gasteiger partial charge in [-0.1, -0.05) is 18.3 Å². The molecule has 2 heterocycles. The van der Waals surface area contributed by atoms with Gasteiger partial charge in [-0.25, -0.2) is 4.98 Å². The van der Waals surface area contributed by atoms with Gasteiger partial charge in [0.25, 0.3) is 0 Å². The Hall–Kier alpha value is -2.60. The highest BCUT2D eigenvalue weighted by Crippen LogP contribution is 2.35. The topological polar surface area (TPSA) is 61.8 Å². The Morgan fingerprint density at radius 3 is 2.74 bits per heavy atom. The predicted octanol–water partition coefficient (Wildman–Crippen LogP) is 2.85. The minimum Gasteiger partial charge on any atom is -0.497 e. The summed E-state index contributed by atoms with van der Waals surface area (Å²) < 4.78 is 12.8. The summed E-state index contributed by atoms with van der Waals surface area (Å²) in [5, 5.41) is 0. The first-order valence-electron chi connectivity index (χ1n) is 7.10. The Kier molecular flexibility index (Phi) is 4.16. The van der Waals surface area contributed by atoms with E-state index in [1.165, 1.54) is 0 Å². The number of thiocarbonyl (C=S) groups is 1. The molecular weight excluding hydrogens is 310 g/mol. The van der Waals surface area contributed by atoms with Crippen molar-refractivity contribution >= 4 is 22.9 Å². The maximum Gasteiger partial charge on any atom is 0.137 e. The molecular formula is C17H17N3O2S. The first-order valence-corrected chi connectivity index (χ1v) is 7.51. The standard InChI is InChI=1S/C17H17N3O2S/c1-21-11-6-7-14(22-2)12(9-11)17-13(10-15(18)23)20-8-4-3-5-16(20)19-17/h3-9H,10H2,1-2H3,(H2,18,23). The van der Waals surface area contributed by atoms with E-state index in [9.17, 15) is 0 Å². The molecule has 0 unspecified atom stereocenters. The highest BCUT2D eigenvalue weighted by atomic mass is 32.1. The van der Waals surface area contributed by atoms with Crippen LogP contribution in [0.4, 0.5) is 0 Å². The van der Waals surface area contributed by atoms with Gasteiger partial charge < -0.3 is 19.6 Å². The molecule has 0 saturated heterocycles. The van der Waals surface area contributed by atoms with Gasteiger partial charge in [-0.05, 0) is 30.3 Å². The zero-order chi connectivity index (χ0) is 16.4. The molecule has 0 saturated carbocycles. The largest absolute Gasteiger partial charge is 0.497 e. The molecule has 0 fully saturated rings. The fourth-order valence-corrected chi connectivity index (χ4v) is 2.73. The Morgan fingerprint density at radius 2 is 2.04 bits per heavy atom. The van der Waals surface area contributed by atoms with Crippen LogP contribution in [0.15, 0.2) is 42.6 Å². The van der Waals surface area contributed by atoms with Crippen molar-refractivity contribution < 1.29 is 9.47 Å². The van der Waals surface area contributed by atoms with Crippen LogP contribution in [0.25, 0.3) is 16.9 Å². The fraction of sp³-hybridized carbons (Fsp3) is 0.176. The third kappa shape index (κ3) is 2.85. The number of fused-ring (bicyclic) bond motifs is 1. The summed E-state index contributed by atoms with van der Waals surface area (Å²) in [6.07, 6.45) is 2.41. The molecule has 0 bridgehead atoms. The summed E-state index contributed by atoms with van der Waals surface area (Å²) in [5.41, 5.74) is 9.19. The van der Waals surface area contributed by atoms with Crippen LogP contribution < -0.4 is 15.2 Å². The van der Waals surface area contributed by atoms with Crippen LogP contribution >= 0.6 is 12.2 Å². The summed E-state index contributed by atoms with van der Waals surface area (Å²) in [6.45, 7) is 0. The lowest BCUT2D eigenvalue weighted by Gasteiger charge is -2.10. The van der Waals surface area contributed by atoms with E-state index in [2.05, 4.69) is 0 Å². The third-order valence-corrected chi connectivity index (χ3v) is 3.78. The summed E-state index contributed by atoms with van der Waals surface area (Å²) in [6, 6.07) is 11.5. The Bertz CT molecular complexity index is 873. The number of nitrogens with zero attached hydrogens (tertiary/aromatic N) is 2. The van der Waals surface area contributed by atoms with Crippen molar-refractivity contribution in [1.82, 2.24) is 9.38 Å². The maximum absolute atomic E-state index is 5.78. The van der Waals surface area contributed by atoms with Crippen molar-refractivity contribution in [3.8, 4) is 22.8 Å². The van der Waals surface area contributed by atoms with E-state index >= 15 is 0 Å². The van der Waals surface area contributed by atoms with Crippen LogP contribution in [0, 0.1) is 0 Å².